The number of phenolic OH excluding ortho intramolecular Hbond substituents is 1. The number of aromatic nitrogens is 4. The van der Waals surface area contributed by atoms with Crippen molar-refractivity contribution in [1.29, 1.82) is 0 Å². The maximum Gasteiger partial charge on any atom is 0.329 e. The first-order chi connectivity index (χ1) is 14.4. The van der Waals surface area contributed by atoms with Gasteiger partial charge in [0, 0.05) is 7.05 Å². The molecule has 9 nitrogen and oxygen atoms in total. The van der Waals surface area contributed by atoms with Gasteiger partial charge in [0.05, 0.1) is 12.8 Å². The molecule has 0 aliphatic rings. The second-order valence-electron chi connectivity index (χ2n) is 6.60. The molecule has 2 heterocycles. The van der Waals surface area contributed by atoms with E-state index in [-0.39, 0.29) is 35.2 Å². The van der Waals surface area contributed by atoms with E-state index in [1.54, 1.807) is 34.9 Å². The molecule has 0 unspecified atom stereocenters. The molecule has 2 aromatic carbocycles. The van der Waals surface area contributed by atoms with E-state index in [4.69, 9.17) is 0 Å². The Morgan fingerprint density at radius 2 is 2.00 bits per heavy atom. The number of hydrogen-bond donors (Lipinski definition) is 3. The number of nitrogens with one attached hydrogen (secondary N) is 2. The minimum Gasteiger partial charge on any atom is -0.508 e. The zero-order valence-corrected chi connectivity index (χ0v) is 15.8. The lowest BCUT2D eigenvalue weighted by atomic mass is 10.2. The van der Waals surface area contributed by atoms with Crippen molar-refractivity contribution in [2.45, 2.75) is 6.54 Å². The predicted octanol–water partition coefficient (Wildman–Crippen LogP) is 1.76. The second kappa shape index (κ2) is 7.66. The average Bonchev–Trinajstić information content (AvgIpc) is 3.07. The van der Waals surface area contributed by atoms with Crippen LogP contribution >= 0.6 is 0 Å². The van der Waals surface area contributed by atoms with E-state index in [2.05, 4.69) is 20.5 Å². The quantitative estimate of drug-likeness (QED) is 0.344. The van der Waals surface area contributed by atoms with Crippen LogP contribution < -0.4 is 16.7 Å². The summed E-state index contributed by atoms with van der Waals surface area (Å²) in [6.07, 6.45) is 1.48. The van der Waals surface area contributed by atoms with Crippen LogP contribution in [0.5, 0.6) is 5.75 Å². The molecule has 0 fully saturated rings. The molecule has 0 aliphatic heterocycles. The fourth-order valence-electron chi connectivity index (χ4n) is 3.02. The number of imidazole rings is 1. The number of anilines is 1. The van der Waals surface area contributed by atoms with Crippen LogP contribution in [0, 0.1) is 5.82 Å². The van der Waals surface area contributed by atoms with Gasteiger partial charge in [0.25, 0.3) is 5.56 Å². The summed E-state index contributed by atoms with van der Waals surface area (Å²) in [5.41, 5.74) is 3.33. The standard InChI is InChI=1S/C20H17FN6O3/c1-26-17-16(18(29)24-20(26)30)27(11-12-5-7-14(21)8-6-12)19(23-17)25-22-10-13-3-2-4-15(28)9-13/h2-10,28H,11H2,1H3,(H,23,25)(H,24,29,30)/b22-10-. The fraction of sp³-hybridized carbons (Fsp3) is 0.100. The summed E-state index contributed by atoms with van der Waals surface area (Å²) in [6, 6.07) is 12.3. The smallest absolute Gasteiger partial charge is 0.329 e. The number of benzene rings is 2. The zero-order valence-electron chi connectivity index (χ0n) is 15.8. The van der Waals surface area contributed by atoms with Crippen LogP contribution in [-0.4, -0.2) is 30.4 Å². The van der Waals surface area contributed by atoms with Crippen molar-refractivity contribution >= 4 is 23.3 Å². The lowest BCUT2D eigenvalue weighted by Crippen LogP contribution is -2.29. The van der Waals surface area contributed by atoms with Gasteiger partial charge >= 0.3 is 5.69 Å². The maximum atomic E-state index is 13.3. The van der Waals surface area contributed by atoms with Crippen LogP contribution in [0.25, 0.3) is 11.2 Å². The molecule has 0 bridgehead atoms. The van der Waals surface area contributed by atoms with Crippen LogP contribution in [-0.2, 0) is 13.6 Å². The molecule has 0 amide bonds. The summed E-state index contributed by atoms with van der Waals surface area (Å²) >= 11 is 0. The van der Waals surface area contributed by atoms with Crippen molar-refractivity contribution in [1.82, 2.24) is 19.1 Å². The Morgan fingerprint density at radius 1 is 1.23 bits per heavy atom. The largest absolute Gasteiger partial charge is 0.508 e. The van der Waals surface area contributed by atoms with Crippen molar-refractivity contribution in [3.8, 4) is 5.75 Å². The second-order valence-corrected chi connectivity index (χ2v) is 6.60. The molecule has 0 radical (unpaired) electrons. The summed E-state index contributed by atoms with van der Waals surface area (Å²) < 4.78 is 16.0. The third-order valence-corrected chi connectivity index (χ3v) is 4.51. The highest BCUT2D eigenvalue weighted by molar-refractivity contribution is 5.81. The third-order valence-electron chi connectivity index (χ3n) is 4.51. The van der Waals surface area contributed by atoms with Crippen LogP contribution in [0.1, 0.15) is 11.1 Å². The molecule has 4 aromatic rings. The highest BCUT2D eigenvalue weighted by Gasteiger charge is 2.17. The molecular weight excluding hydrogens is 391 g/mol. The third kappa shape index (κ3) is 3.70. The van der Waals surface area contributed by atoms with E-state index >= 15 is 0 Å². The van der Waals surface area contributed by atoms with Gasteiger partial charge in [-0.2, -0.15) is 10.1 Å². The van der Waals surface area contributed by atoms with Gasteiger partial charge in [0.1, 0.15) is 11.6 Å². The summed E-state index contributed by atoms with van der Waals surface area (Å²) in [5, 5.41) is 13.7. The van der Waals surface area contributed by atoms with E-state index in [1.165, 1.54) is 36.0 Å². The molecule has 10 heteroatoms. The molecule has 0 spiro atoms. The first-order valence-electron chi connectivity index (χ1n) is 8.94. The first-order valence-corrected chi connectivity index (χ1v) is 8.94. The number of aromatic amines is 1. The van der Waals surface area contributed by atoms with Gasteiger partial charge in [-0.05, 0) is 35.4 Å². The van der Waals surface area contributed by atoms with E-state index < -0.39 is 11.2 Å². The van der Waals surface area contributed by atoms with Gasteiger partial charge in [0.2, 0.25) is 5.95 Å². The Balaban J connectivity index is 1.78. The molecule has 0 saturated carbocycles. The minimum atomic E-state index is -0.590. The van der Waals surface area contributed by atoms with Crippen molar-refractivity contribution < 1.29 is 9.50 Å². The number of rotatable bonds is 5. The average molecular weight is 408 g/mol. The lowest BCUT2D eigenvalue weighted by molar-refractivity contribution is 0.475. The topological polar surface area (TPSA) is 117 Å². The van der Waals surface area contributed by atoms with Gasteiger partial charge in [-0.1, -0.05) is 24.3 Å². The predicted molar refractivity (Wildman–Crippen MR) is 110 cm³/mol. The summed E-state index contributed by atoms with van der Waals surface area (Å²) in [7, 11) is 1.50. The summed E-state index contributed by atoms with van der Waals surface area (Å²) in [5.74, 6) is -0.0509. The Hall–Kier alpha value is -4.21. The van der Waals surface area contributed by atoms with Gasteiger partial charge in [-0.15, -0.1) is 0 Å². The summed E-state index contributed by atoms with van der Waals surface area (Å²) in [4.78, 5) is 31.0. The number of H-pyrrole nitrogens is 1. The lowest BCUT2D eigenvalue weighted by Gasteiger charge is -2.08. The first kappa shape index (κ1) is 19.1. The molecule has 0 saturated heterocycles. The van der Waals surface area contributed by atoms with E-state index in [0.717, 1.165) is 5.56 Å². The number of aromatic hydroxyl groups is 1. The number of phenols is 1. The molecule has 0 atom stereocenters. The van der Waals surface area contributed by atoms with Gasteiger partial charge in [-0.25, -0.2) is 14.6 Å². The maximum absolute atomic E-state index is 13.3. The number of fused-ring (bicyclic) bond motifs is 1. The molecule has 2 aromatic heterocycles. The van der Waals surface area contributed by atoms with E-state index in [9.17, 15) is 19.1 Å². The molecule has 0 aliphatic carbocycles. The van der Waals surface area contributed by atoms with E-state index in [0.29, 0.717) is 5.56 Å². The van der Waals surface area contributed by atoms with Crippen LogP contribution in [0.15, 0.2) is 63.2 Å². The molecular formula is C20H17FN6O3. The SMILES string of the molecule is Cn1c(=O)[nH]c(=O)c2c1nc(N/N=C\c1cccc(O)c1)n2Cc1ccc(F)cc1. The number of aryl methyl sites for hydroxylation is 1. The van der Waals surface area contributed by atoms with Crippen LogP contribution in [0.3, 0.4) is 0 Å². The summed E-state index contributed by atoms with van der Waals surface area (Å²) in [6.45, 7) is 0.196. The Morgan fingerprint density at radius 3 is 2.73 bits per heavy atom. The number of nitrogens with zero attached hydrogens (tertiary/aromatic N) is 4. The van der Waals surface area contributed by atoms with Crippen LogP contribution in [0.4, 0.5) is 10.3 Å². The number of hydrogen-bond acceptors (Lipinski definition) is 6. The van der Waals surface area contributed by atoms with Gasteiger partial charge in [0.15, 0.2) is 11.2 Å². The molecule has 3 N–H and O–H groups in total. The van der Waals surface area contributed by atoms with Crippen molar-refractivity contribution in [2.24, 2.45) is 12.1 Å². The number of halogens is 1. The molecule has 152 valence electrons. The Kier molecular flexibility index (Phi) is 4.88. The van der Waals surface area contributed by atoms with E-state index in [1.807, 2.05) is 0 Å². The molecule has 30 heavy (non-hydrogen) atoms. The monoisotopic (exact) mass is 408 g/mol. The highest BCUT2D eigenvalue weighted by Crippen LogP contribution is 2.18. The van der Waals surface area contributed by atoms with Crippen molar-refractivity contribution in [3.63, 3.8) is 0 Å². The van der Waals surface area contributed by atoms with Crippen molar-refractivity contribution in [2.75, 3.05) is 5.43 Å². The van der Waals surface area contributed by atoms with Crippen LogP contribution in [0.2, 0.25) is 0 Å². The van der Waals surface area contributed by atoms with Gasteiger partial charge in [-0.3, -0.25) is 18.9 Å². The zero-order chi connectivity index (χ0) is 21.3. The Labute approximate surface area is 168 Å². The minimum absolute atomic E-state index is 0.101. The fourth-order valence-corrected chi connectivity index (χ4v) is 3.02. The normalized spacial score (nSPS) is 11.4. The van der Waals surface area contributed by atoms with Gasteiger partial charge < -0.3 is 5.11 Å². The molecule has 4 rings (SSSR count). The number of hydrazone groups is 1. The van der Waals surface area contributed by atoms with Crippen molar-refractivity contribution in [3.05, 3.63) is 86.3 Å². The Bertz CT molecular complexity index is 1370. The highest BCUT2D eigenvalue weighted by atomic mass is 19.1.